The van der Waals surface area contributed by atoms with Gasteiger partial charge in [-0.25, -0.2) is 4.39 Å². The molecule has 7 heteroatoms. The van der Waals surface area contributed by atoms with Gasteiger partial charge in [0, 0.05) is 23.7 Å². The molecule has 32 heavy (non-hydrogen) atoms. The third-order valence-electron chi connectivity index (χ3n) is 6.61. The zero-order valence-corrected chi connectivity index (χ0v) is 18.2. The van der Waals surface area contributed by atoms with Gasteiger partial charge in [-0.2, -0.15) is 4.98 Å². The van der Waals surface area contributed by atoms with E-state index in [-0.39, 0.29) is 11.2 Å². The molecule has 0 N–H and O–H groups in total. The summed E-state index contributed by atoms with van der Waals surface area (Å²) >= 11 is 0. The number of benzene rings is 1. The summed E-state index contributed by atoms with van der Waals surface area (Å²) in [6.45, 7) is 4.78. The van der Waals surface area contributed by atoms with Gasteiger partial charge < -0.3 is 4.90 Å². The topological polar surface area (TPSA) is 59.2 Å². The van der Waals surface area contributed by atoms with E-state index in [9.17, 15) is 0 Å². The molecule has 0 spiro atoms. The summed E-state index contributed by atoms with van der Waals surface area (Å²) in [6.07, 6.45) is 8.95. The van der Waals surface area contributed by atoms with Gasteiger partial charge in [0.2, 0.25) is 0 Å². The highest BCUT2D eigenvalue weighted by molar-refractivity contribution is 5.94. The summed E-state index contributed by atoms with van der Waals surface area (Å²) in [7, 11) is 0. The van der Waals surface area contributed by atoms with Crippen LogP contribution in [-0.4, -0.2) is 31.1 Å². The molecule has 6 nitrogen and oxygen atoms in total. The van der Waals surface area contributed by atoms with Crippen LogP contribution in [0, 0.1) is 30.0 Å². The van der Waals surface area contributed by atoms with E-state index in [4.69, 9.17) is 4.98 Å². The lowest BCUT2D eigenvalue weighted by Crippen LogP contribution is -2.21. The van der Waals surface area contributed by atoms with Gasteiger partial charge in [0.25, 0.3) is 5.78 Å². The molecule has 4 heterocycles. The SMILES string of the molecule is Cc1nnc2nc(N3CCCCc4c(C#CC5(C)CC5)cncc43)c3c(F)cccc3n12. The van der Waals surface area contributed by atoms with E-state index in [2.05, 4.69) is 38.8 Å². The lowest BCUT2D eigenvalue weighted by molar-refractivity contribution is 0.638. The molecule has 1 saturated carbocycles. The molecule has 1 fully saturated rings. The fraction of sp³-hybridized carbons (Fsp3) is 0.360. The number of hydrogen-bond donors (Lipinski definition) is 0. The lowest BCUT2D eigenvalue weighted by Gasteiger charge is -2.25. The van der Waals surface area contributed by atoms with Crippen molar-refractivity contribution in [3.8, 4) is 11.8 Å². The number of halogens is 1. The molecule has 0 saturated heterocycles. The number of fused-ring (bicyclic) bond motifs is 4. The Hall–Kier alpha value is -3.53. The molecule has 160 valence electrons. The minimum absolute atomic E-state index is 0.143. The second-order valence-corrected chi connectivity index (χ2v) is 9.06. The van der Waals surface area contributed by atoms with Crippen molar-refractivity contribution in [2.24, 2.45) is 5.41 Å². The van der Waals surface area contributed by atoms with Crippen LogP contribution < -0.4 is 4.90 Å². The Morgan fingerprint density at radius 1 is 1.12 bits per heavy atom. The summed E-state index contributed by atoms with van der Waals surface area (Å²) in [5.41, 5.74) is 3.94. The first kappa shape index (κ1) is 19.2. The second-order valence-electron chi connectivity index (χ2n) is 9.06. The minimum Gasteiger partial charge on any atom is -0.324 e. The van der Waals surface area contributed by atoms with E-state index < -0.39 is 0 Å². The number of anilines is 2. The zero-order chi connectivity index (χ0) is 21.9. The molecule has 0 radical (unpaired) electrons. The molecular formula is C25H23FN6. The van der Waals surface area contributed by atoms with Gasteiger partial charge in [0.15, 0.2) is 0 Å². The molecule has 1 aromatic carbocycles. The smallest absolute Gasteiger partial charge is 0.257 e. The quantitative estimate of drug-likeness (QED) is 0.411. The van der Waals surface area contributed by atoms with Crippen LogP contribution >= 0.6 is 0 Å². The normalized spacial score (nSPS) is 17.0. The van der Waals surface area contributed by atoms with E-state index in [1.54, 1.807) is 10.5 Å². The Kier molecular flexibility index (Phi) is 4.19. The maximum Gasteiger partial charge on any atom is 0.257 e. The molecule has 3 aromatic heterocycles. The number of pyridine rings is 1. The summed E-state index contributed by atoms with van der Waals surface area (Å²) < 4.78 is 17.0. The van der Waals surface area contributed by atoms with E-state index >= 15 is 4.39 Å². The maximum atomic E-state index is 15.2. The van der Waals surface area contributed by atoms with Crippen molar-refractivity contribution in [2.45, 2.75) is 46.0 Å². The number of aryl methyl sites for hydroxylation is 1. The number of aromatic nitrogens is 5. The third-order valence-corrected chi connectivity index (χ3v) is 6.61. The highest BCUT2D eigenvalue weighted by atomic mass is 19.1. The highest BCUT2D eigenvalue weighted by Gasteiger charge is 2.35. The molecule has 0 atom stereocenters. The predicted molar refractivity (Wildman–Crippen MR) is 121 cm³/mol. The second kappa shape index (κ2) is 6.99. The van der Waals surface area contributed by atoms with Crippen LogP contribution in [0.2, 0.25) is 0 Å². The zero-order valence-electron chi connectivity index (χ0n) is 18.2. The number of rotatable bonds is 1. The van der Waals surface area contributed by atoms with Crippen molar-refractivity contribution in [3.63, 3.8) is 0 Å². The van der Waals surface area contributed by atoms with E-state index in [0.29, 0.717) is 28.3 Å². The fourth-order valence-corrected chi connectivity index (χ4v) is 4.49. The summed E-state index contributed by atoms with van der Waals surface area (Å²) in [5, 5.41) is 8.87. The third kappa shape index (κ3) is 3.01. The molecule has 0 amide bonds. The first-order valence-corrected chi connectivity index (χ1v) is 11.1. The number of nitrogens with zero attached hydrogens (tertiary/aromatic N) is 6. The van der Waals surface area contributed by atoms with E-state index in [1.807, 2.05) is 25.4 Å². The van der Waals surface area contributed by atoms with Gasteiger partial charge in [-0.1, -0.05) is 17.9 Å². The van der Waals surface area contributed by atoms with Crippen LogP contribution in [0.4, 0.5) is 15.9 Å². The van der Waals surface area contributed by atoms with Crippen molar-refractivity contribution in [1.82, 2.24) is 24.6 Å². The first-order valence-electron chi connectivity index (χ1n) is 11.1. The van der Waals surface area contributed by atoms with Crippen molar-refractivity contribution >= 4 is 28.2 Å². The Morgan fingerprint density at radius 3 is 2.84 bits per heavy atom. The Balaban J connectivity index is 1.59. The Morgan fingerprint density at radius 2 is 2.00 bits per heavy atom. The average molecular weight is 426 g/mol. The minimum atomic E-state index is -0.309. The molecule has 1 aliphatic carbocycles. The maximum absolute atomic E-state index is 15.2. The van der Waals surface area contributed by atoms with Gasteiger partial charge in [0.05, 0.1) is 22.8 Å². The lowest BCUT2D eigenvalue weighted by atomic mass is 10.0. The highest BCUT2D eigenvalue weighted by Crippen LogP contribution is 2.44. The standard InChI is InChI=1S/C25H23FN6/c1-16-29-30-24-28-23(22-19(26)7-5-8-20(22)32(16)24)31-13-4-3-6-18-17(14-27-15-21(18)31)9-10-25(2)11-12-25/h5,7-8,14-15H,3-4,6,11-13H2,1-2H3. The van der Waals surface area contributed by atoms with Crippen molar-refractivity contribution < 1.29 is 4.39 Å². The molecule has 1 aliphatic heterocycles. The van der Waals surface area contributed by atoms with Crippen LogP contribution in [-0.2, 0) is 6.42 Å². The molecule has 6 rings (SSSR count). The fourth-order valence-electron chi connectivity index (χ4n) is 4.49. The molecule has 0 unspecified atom stereocenters. The van der Waals surface area contributed by atoms with Gasteiger partial charge >= 0.3 is 0 Å². The first-order chi connectivity index (χ1) is 15.5. The largest absolute Gasteiger partial charge is 0.324 e. The van der Waals surface area contributed by atoms with E-state index in [1.165, 1.54) is 6.07 Å². The van der Waals surface area contributed by atoms with Crippen LogP contribution in [0.1, 0.15) is 49.6 Å². The van der Waals surface area contributed by atoms with E-state index in [0.717, 1.165) is 55.5 Å². The predicted octanol–water partition coefficient (Wildman–Crippen LogP) is 4.75. The Bertz CT molecular complexity index is 1440. The summed E-state index contributed by atoms with van der Waals surface area (Å²) in [4.78, 5) is 11.4. The van der Waals surface area contributed by atoms with Crippen molar-refractivity contribution in [1.29, 1.82) is 0 Å². The average Bonchev–Trinajstić information content (AvgIpc) is 3.47. The summed E-state index contributed by atoms with van der Waals surface area (Å²) in [5.74, 6) is 8.22. The summed E-state index contributed by atoms with van der Waals surface area (Å²) in [6, 6.07) is 5.08. The molecule has 4 aromatic rings. The van der Waals surface area contributed by atoms with Gasteiger partial charge in [0.1, 0.15) is 17.5 Å². The van der Waals surface area contributed by atoms with Crippen molar-refractivity contribution in [2.75, 3.05) is 11.4 Å². The van der Waals surface area contributed by atoms with Crippen LogP contribution in [0.25, 0.3) is 16.7 Å². The van der Waals surface area contributed by atoms with Crippen LogP contribution in [0.15, 0.2) is 30.6 Å². The Labute approximate surface area is 185 Å². The van der Waals surface area contributed by atoms with Crippen LogP contribution in [0.3, 0.4) is 0 Å². The molecule has 2 aliphatic rings. The number of hydrogen-bond acceptors (Lipinski definition) is 5. The van der Waals surface area contributed by atoms with Gasteiger partial charge in [-0.05, 0) is 63.6 Å². The van der Waals surface area contributed by atoms with Crippen molar-refractivity contribution in [3.05, 3.63) is 53.4 Å². The monoisotopic (exact) mass is 426 g/mol. The van der Waals surface area contributed by atoms with Gasteiger partial charge in [-0.15, -0.1) is 10.2 Å². The van der Waals surface area contributed by atoms with Gasteiger partial charge in [-0.3, -0.25) is 9.38 Å². The van der Waals surface area contributed by atoms with Crippen LogP contribution in [0.5, 0.6) is 0 Å². The molecule has 0 bridgehead atoms. The molecular weight excluding hydrogens is 403 g/mol.